The van der Waals surface area contributed by atoms with Gasteiger partial charge in [0, 0.05) is 6.61 Å². The van der Waals surface area contributed by atoms with Gasteiger partial charge < -0.3 is 5.11 Å². The van der Waals surface area contributed by atoms with Crippen LogP contribution in [-0.2, 0) is 0 Å². The van der Waals surface area contributed by atoms with E-state index in [2.05, 4.69) is 0 Å². The number of hydrogen-bond donors (Lipinski definition) is 1. The van der Waals surface area contributed by atoms with E-state index in [1.807, 2.05) is 29.9 Å². The highest BCUT2D eigenvalue weighted by Crippen LogP contribution is 1.93. The van der Waals surface area contributed by atoms with Crippen LogP contribution in [0.15, 0.2) is 23.6 Å². The number of allylic oxidation sites excluding steroid dienone is 2. The number of rotatable bonds is 4. The van der Waals surface area contributed by atoms with E-state index >= 15 is 0 Å². The van der Waals surface area contributed by atoms with Crippen molar-refractivity contribution >= 4 is 11.8 Å². The Morgan fingerprint density at radius 1 is 1.44 bits per heavy atom. The van der Waals surface area contributed by atoms with Crippen LogP contribution < -0.4 is 0 Å². The van der Waals surface area contributed by atoms with Gasteiger partial charge in [-0.1, -0.05) is 18.2 Å². The van der Waals surface area contributed by atoms with Crippen LogP contribution in [-0.4, -0.2) is 18.0 Å². The molecule has 0 aromatic carbocycles. The van der Waals surface area contributed by atoms with Crippen molar-refractivity contribution in [2.45, 2.75) is 6.42 Å². The van der Waals surface area contributed by atoms with E-state index in [1.165, 1.54) is 0 Å². The van der Waals surface area contributed by atoms with E-state index in [9.17, 15) is 0 Å². The molecule has 1 nitrogen and oxygen atoms in total. The SMILES string of the molecule is CS/C=C/C=C/CCO. The molecule has 0 aromatic heterocycles. The van der Waals surface area contributed by atoms with Crippen molar-refractivity contribution < 1.29 is 5.11 Å². The van der Waals surface area contributed by atoms with Crippen molar-refractivity contribution in [3.8, 4) is 0 Å². The molecule has 0 amide bonds. The highest BCUT2D eigenvalue weighted by atomic mass is 32.2. The molecule has 0 radical (unpaired) electrons. The van der Waals surface area contributed by atoms with Gasteiger partial charge >= 0.3 is 0 Å². The lowest BCUT2D eigenvalue weighted by Crippen LogP contribution is -1.73. The third-order valence-corrected chi connectivity index (χ3v) is 1.19. The summed E-state index contributed by atoms with van der Waals surface area (Å²) in [5, 5.41) is 10.3. The van der Waals surface area contributed by atoms with Crippen molar-refractivity contribution in [3.63, 3.8) is 0 Å². The fourth-order valence-corrected chi connectivity index (χ4v) is 0.621. The highest BCUT2D eigenvalue weighted by molar-refractivity contribution is 8.01. The first-order chi connectivity index (χ1) is 4.41. The molecular weight excluding hydrogens is 132 g/mol. The van der Waals surface area contributed by atoms with Gasteiger partial charge in [-0.25, -0.2) is 0 Å². The van der Waals surface area contributed by atoms with E-state index in [0.717, 1.165) is 6.42 Å². The second-order valence-electron chi connectivity index (χ2n) is 1.50. The summed E-state index contributed by atoms with van der Waals surface area (Å²) in [5.41, 5.74) is 0. The molecule has 0 aliphatic carbocycles. The zero-order valence-corrected chi connectivity index (χ0v) is 6.40. The molecule has 0 saturated heterocycles. The monoisotopic (exact) mass is 144 g/mol. The van der Waals surface area contributed by atoms with Crippen LogP contribution in [0.5, 0.6) is 0 Å². The fraction of sp³-hybridized carbons (Fsp3) is 0.429. The van der Waals surface area contributed by atoms with Gasteiger partial charge in [0.1, 0.15) is 0 Å². The summed E-state index contributed by atoms with van der Waals surface area (Å²) in [6, 6.07) is 0. The van der Waals surface area contributed by atoms with Gasteiger partial charge in [-0.3, -0.25) is 0 Å². The Labute approximate surface area is 60.5 Å². The van der Waals surface area contributed by atoms with Crippen molar-refractivity contribution in [2.24, 2.45) is 0 Å². The maximum atomic E-state index is 8.34. The molecule has 0 rings (SSSR count). The summed E-state index contributed by atoms with van der Waals surface area (Å²) in [6.07, 6.45) is 8.59. The molecule has 0 heterocycles. The van der Waals surface area contributed by atoms with Crippen LogP contribution >= 0.6 is 11.8 Å². The molecule has 0 unspecified atom stereocenters. The standard InChI is InChI=1S/C7H12OS/c1-9-7-5-3-2-4-6-8/h2-3,5,7-8H,4,6H2,1H3/b3-2+,7-5+. The van der Waals surface area contributed by atoms with Crippen molar-refractivity contribution in [2.75, 3.05) is 12.9 Å². The first kappa shape index (κ1) is 8.79. The molecule has 1 N–H and O–H groups in total. The molecule has 9 heavy (non-hydrogen) atoms. The molecule has 0 bridgehead atoms. The lowest BCUT2D eigenvalue weighted by molar-refractivity contribution is 0.302. The predicted molar refractivity (Wildman–Crippen MR) is 43.5 cm³/mol. The fourth-order valence-electron chi connectivity index (χ4n) is 0.373. The molecule has 2 heteroatoms. The van der Waals surface area contributed by atoms with Gasteiger partial charge in [0.25, 0.3) is 0 Å². The Balaban J connectivity index is 3.13. The molecule has 52 valence electrons. The highest BCUT2D eigenvalue weighted by Gasteiger charge is 1.69. The number of thioether (sulfide) groups is 1. The van der Waals surface area contributed by atoms with Crippen molar-refractivity contribution in [3.05, 3.63) is 23.6 Å². The largest absolute Gasteiger partial charge is 0.396 e. The van der Waals surface area contributed by atoms with Crippen molar-refractivity contribution in [1.29, 1.82) is 0 Å². The Kier molecular flexibility index (Phi) is 7.61. The molecular formula is C7H12OS. The molecule has 0 saturated carbocycles. The van der Waals surface area contributed by atoms with Crippen LogP contribution in [0.4, 0.5) is 0 Å². The first-order valence-corrected chi connectivity index (χ1v) is 4.16. The first-order valence-electron chi connectivity index (χ1n) is 2.87. The molecule has 0 atom stereocenters. The molecule has 0 fully saturated rings. The Hall–Kier alpha value is -0.210. The lowest BCUT2D eigenvalue weighted by Gasteiger charge is -1.79. The molecule has 0 aliphatic heterocycles. The Morgan fingerprint density at radius 2 is 2.22 bits per heavy atom. The third-order valence-electron chi connectivity index (χ3n) is 0.758. The second kappa shape index (κ2) is 7.79. The summed E-state index contributed by atoms with van der Waals surface area (Å²) in [7, 11) is 0. The van der Waals surface area contributed by atoms with E-state index in [-0.39, 0.29) is 6.61 Å². The average Bonchev–Trinajstić information content (AvgIpc) is 1.89. The molecule has 0 aliphatic rings. The minimum Gasteiger partial charge on any atom is -0.396 e. The summed E-state index contributed by atoms with van der Waals surface area (Å²) in [6.45, 7) is 0.240. The quantitative estimate of drug-likeness (QED) is 0.607. The minimum atomic E-state index is 0.240. The summed E-state index contributed by atoms with van der Waals surface area (Å²) in [5.74, 6) is 0. The van der Waals surface area contributed by atoms with E-state index in [1.54, 1.807) is 11.8 Å². The molecule has 0 spiro atoms. The average molecular weight is 144 g/mol. The van der Waals surface area contributed by atoms with E-state index in [0.29, 0.717) is 0 Å². The second-order valence-corrected chi connectivity index (χ2v) is 2.25. The number of aliphatic hydroxyl groups excluding tert-OH is 1. The van der Waals surface area contributed by atoms with Gasteiger partial charge in [-0.2, -0.15) is 0 Å². The zero-order chi connectivity index (χ0) is 6.95. The maximum Gasteiger partial charge on any atom is 0.0465 e. The van der Waals surface area contributed by atoms with E-state index < -0.39 is 0 Å². The van der Waals surface area contributed by atoms with Gasteiger partial charge in [-0.05, 0) is 18.1 Å². The summed E-state index contributed by atoms with van der Waals surface area (Å²) >= 11 is 1.67. The van der Waals surface area contributed by atoms with Gasteiger partial charge in [-0.15, -0.1) is 11.8 Å². The Bertz CT molecular complexity index is 97.1. The number of hydrogen-bond acceptors (Lipinski definition) is 2. The third kappa shape index (κ3) is 7.79. The van der Waals surface area contributed by atoms with Gasteiger partial charge in [0.15, 0.2) is 0 Å². The summed E-state index contributed by atoms with van der Waals surface area (Å²) < 4.78 is 0. The normalized spacial score (nSPS) is 11.8. The van der Waals surface area contributed by atoms with Crippen LogP contribution in [0.3, 0.4) is 0 Å². The van der Waals surface area contributed by atoms with Crippen LogP contribution in [0.25, 0.3) is 0 Å². The van der Waals surface area contributed by atoms with Gasteiger partial charge in [0.05, 0.1) is 0 Å². The summed E-state index contributed by atoms with van der Waals surface area (Å²) in [4.78, 5) is 0. The van der Waals surface area contributed by atoms with Crippen LogP contribution in [0.2, 0.25) is 0 Å². The lowest BCUT2D eigenvalue weighted by atomic mass is 10.4. The van der Waals surface area contributed by atoms with Crippen LogP contribution in [0.1, 0.15) is 6.42 Å². The molecule has 0 aromatic rings. The van der Waals surface area contributed by atoms with Crippen molar-refractivity contribution in [1.82, 2.24) is 0 Å². The van der Waals surface area contributed by atoms with Crippen LogP contribution in [0, 0.1) is 0 Å². The topological polar surface area (TPSA) is 20.2 Å². The Morgan fingerprint density at radius 3 is 2.78 bits per heavy atom. The predicted octanol–water partition coefficient (Wildman–Crippen LogP) is 1.80. The number of aliphatic hydroxyl groups is 1. The maximum absolute atomic E-state index is 8.34. The van der Waals surface area contributed by atoms with Gasteiger partial charge in [0.2, 0.25) is 0 Å². The smallest absolute Gasteiger partial charge is 0.0465 e. The van der Waals surface area contributed by atoms with E-state index in [4.69, 9.17) is 5.11 Å². The zero-order valence-electron chi connectivity index (χ0n) is 5.58. The minimum absolute atomic E-state index is 0.240.